The molecular weight excluding hydrogens is 296 g/mol. The molecule has 0 spiro atoms. The predicted octanol–water partition coefficient (Wildman–Crippen LogP) is 1.27. The van der Waals surface area contributed by atoms with Gasteiger partial charge in [-0.1, -0.05) is 6.07 Å². The molecule has 0 saturated carbocycles. The third-order valence-corrected chi connectivity index (χ3v) is 3.54. The standard InChI is InChI=1S/C16H20N4O3/c1-2-23-16(22)20-8-6-19(7-9-20)12-15(21)18-14-5-3-4-13(10-14)11-17/h3-5,10H,2,6-9,12H2,1H3,(H,18,21). The van der Waals surface area contributed by atoms with Gasteiger partial charge in [-0.3, -0.25) is 9.69 Å². The summed E-state index contributed by atoms with van der Waals surface area (Å²) in [4.78, 5) is 27.3. The Bertz CT molecular complexity index is 604. The van der Waals surface area contributed by atoms with Gasteiger partial charge in [-0.05, 0) is 25.1 Å². The van der Waals surface area contributed by atoms with Crippen molar-refractivity contribution in [1.29, 1.82) is 5.26 Å². The van der Waals surface area contributed by atoms with E-state index in [9.17, 15) is 9.59 Å². The second kappa shape index (κ2) is 8.15. The van der Waals surface area contributed by atoms with Gasteiger partial charge in [0.05, 0.1) is 24.8 Å². The molecule has 23 heavy (non-hydrogen) atoms. The van der Waals surface area contributed by atoms with E-state index in [4.69, 9.17) is 10.00 Å². The van der Waals surface area contributed by atoms with Gasteiger partial charge in [0.25, 0.3) is 0 Å². The molecule has 0 aliphatic carbocycles. The minimum absolute atomic E-state index is 0.135. The Morgan fingerprint density at radius 2 is 2.04 bits per heavy atom. The molecule has 0 unspecified atom stereocenters. The molecule has 122 valence electrons. The first-order valence-corrected chi connectivity index (χ1v) is 7.56. The summed E-state index contributed by atoms with van der Waals surface area (Å²) < 4.78 is 4.96. The molecule has 7 nitrogen and oxygen atoms in total. The third-order valence-electron chi connectivity index (χ3n) is 3.54. The highest BCUT2D eigenvalue weighted by Gasteiger charge is 2.23. The summed E-state index contributed by atoms with van der Waals surface area (Å²) in [6.07, 6.45) is -0.301. The van der Waals surface area contributed by atoms with Crippen LogP contribution in [0.25, 0.3) is 0 Å². The number of benzene rings is 1. The molecule has 2 rings (SSSR count). The molecule has 7 heteroatoms. The number of nitrogens with one attached hydrogen (secondary N) is 1. The van der Waals surface area contributed by atoms with Crippen LogP contribution in [0.4, 0.5) is 10.5 Å². The first-order chi connectivity index (χ1) is 11.1. The van der Waals surface area contributed by atoms with E-state index in [0.29, 0.717) is 44.0 Å². The molecule has 0 aromatic heterocycles. The fraction of sp³-hybridized carbons (Fsp3) is 0.438. The van der Waals surface area contributed by atoms with Crippen molar-refractivity contribution in [2.24, 2.45) is 0 Å². The maximum Gasteiger partial charge on any atom is 0.409 e. The minimum atomic E-state index is -0.301. The van der Waals surface area contributed by atoms with E-state index < -0.39 is 0 Å². The number of nitriles is 1. The monoisotopic (exact) mass is 316 g/mol. The van der Waals surface area contributed by atoms with Crippen LogP contribution in [0, 0.1) is 11.3 Å². The number of anilines is 1. The van der Waals surface area contributed by atoms with Crippen LogP contribution in [0.3, 0.4) is 0 Å². The highest BCUT2D eigenvalue weighted by molar-refractivity contribution is 5.92. The topological polar surface area (TPSA) is 85.7 Å². The van der Waals surface area contributed by atoms with E-state index in [-0.39, 0.29) is 18.5 Å². The van der Waals surface area contributed by atoms with E-state index in [1.54, 1.807) is 36.1 Å². The zero-order valence-electron chi connectivity index (χ0n) is 13.1. The summed E-state index contributed by atoms with van der Waals surface area (Å²) in [5.74, 6) is -0.135. The molecule has 1 aliphatic rings. The number of carbonyl (C=O) groups is 2. The van der Waals surface area contributed by atoms with Crippen LogP contribution >= 0.6 is 0 Å². The molecule has 1 fully saturated rings. The summed E-state index contributed by atoms with van der Waals surface area (Å²) in [6.45, 7) is 4.76. The molecule has 0 radical (unpaired) electrons. The lowest BCUT2D eigenvalue weighted by molar-refractivity contribution is -0.117. The van der Waals surface area contributed by atoms with Gasteiger partial charge in [-0.15, -0.1) is 0 Å². The van der Waals surface area contributed by atoms with Crippen LogP contribution in [-0.4, -0.2) is 61.1 Å². The number of piperazine rings is 1. The fourth-order valence-electron chi connectivity index (χ4n) is 2.37. The van der Waals surface area contributed by atoms with E-state index in [1.807, 2.05) is 11.0 Å². The van der Waals surface area contributed by atoms with E-state index in [2.05, 4.69) is 5.32 Å². The maximum atomic E-state index is 12.1. The van der Waals surface area contributed by atoms with E-state index in [1.165, 1.54) is 0 Å². The largest absolute Gasteiger partial charge is 0.450 e. The molecule has 1 aliphatic heterocycles. The van der Waals surface area contributed by atoms with Crippen molar-refractivity contribution in [2.75, 3.05) is 44.6 Å². The maximum absolute atomic E-state index is 12.1. The fourth-order valence-corrected chi connectivity index (χ4v) is 2.37. The summed E-state index contributed by atoms with van der Waals surface area (Å²) in [7, 11) is 0. The lowest BCUT2D eigenvalue weighted by Gasteiger charge is -2.33. The molecule has 0 atom stereocenters. The quantitative estimate of drug-likeness (QED) is 0.904. The van der Waals surface area contributed by atoms with Crippen molar-refractivity contribution in [3.05, 3.63) is 29.8 Å². The highest BCUT2D eigenvalue weighted by atomic mass is 16.6. The van der Waals surface area contributed by atoms with Gasteiger partial charge >= 0.3 is 6.09 Å². The number of hydrogen-bond donors (Lipinski definition) is 1. The first kappa shape index (κ1) is 16.8. The number of carbonyl (C=O) groups excluding carboxylic acids is 2. The van der Waals surface area contributed by atoms with Crippen molar-refractivity contribution in [2.45, 2.75) is 6.92 Å². The smallest absolute Gasteiger partial charge is 0.409 e. The summed E-state index contributed by atoms with van der Waals surface area (Å²) >= 11 is 0. The van der Waals surface area contributed by atoms with Gasteiger partial charge in [0.2, 0.25) is 5.91 Å². The SMILES string of the molecule is CCOC(=O)N1CCN(CC(=O)Nc2cccc(C#N)c2)CC1. The summed E-state index contributed by atoms with van der Waals surface area (Å²) in [6, 6.07) is 8.83. The Kier molecular flexibility index (Phi) is 5.94. The minimum Gasteiger partial charge on any atom is -0.450 e. The zero-order chi connectivity index (χ0) is 16.7. The average Bonchev–Trinajstić information content (AvgIpc) is 2.55. The number of rotatable bonds is 4. The van der Waals surface area contributed by atoms with Crippen molar-refractivity contribution in [1.82, 2.24) is 9.80 Å². The van der Waals surface area contributed by atoms with Crippen LogP contribution in [0.5, 0.6) is 0 Å². The van der Waals surface area contributed by atoms with Crippen molar-refractivity contribution < 1.29 is 14.3 Å². The van der Waals surface area contributed by atoms with Gasteiger partial charge in [0, 0.05) is 31.9 Å². The predicted molar refractivity (Wildman–Crippen MR) is 84.8 cm³/mol. The zero-order valence-corrected chi connectivity index (χ0v) is 13.1. The third kappa shape index (κ3) is 4.97. The van der Waals surface area contributed by atoms with Crippen LogP contribution in [0.2, 0.25) is 0 Å². The molecule has 1 N–H and O–H groups in total. The molecule has 1 aromatic rings. The Balaban J connectivity index is 1.78. The first-order valence-electron chi connectivity index (χ1n) is 7.56. The number of amides is 2. The normalized spacial score (nSPS) is 14.9. The number of hydrogen-bond acceptors (Lipinski definition) is 5. The summed E-state index contributed by atoms with van der Waals surface area (Å²) in [5, 5.41) is 11.6. The molecule has 1 heterocycles. The molecule has 1 saturated heterocycles. The molecular formula is C16H20N4O3. The summed E-state index contributed by atoms with van der Waals surface area (Å²) in [5.41, 5.74) is 1.12. The van der Waals surface area contributed by atoms with Crippen molar-refractivity contribution in [3.8, 4) is 6.07 Å². The van der Waals surface area contributed by atoms with Gasteiger partial charge < -0.3 is 15.0 Å². The van der Waals surface area contributed by atoms with Gasteiger partial charge in [-0.25, -0.2) is 4.79 Å². The molecule has 0 bridgehead atoms. The lowest BCUT2D eigenvalue weighted by atomic mass is 10.2. The van der Waals surface area contributed by atoms with E-state index in [0.717, 1.165) is 0 Å². The lowest BCUT2D eigenvalue weighted by Crippen LogP contribution is -2.50. The van der Waals surface area contributed by atoms with Crippen LogP contribution in [0.1, 0.15) is 12.5 Å². The number of nitrogens with zero attached hydrogens (tertiary/aromatic N) is 3. The van der Waals surface area contributed by atoms with Gasteiger partial charge in [0.15, 0.2) is 0 Å². The highest BCUT2D eigenvalue weighted by Crippen LogP contribution is 2.10. The van der Waals surface area contributed by atoms with Crippen LogP contribution in [-0.2, 0) is 9.53 Å². The number of ether oxygens (including phenoxy) is 1. The molecule has 1 aromatic carbocycles. The van der Waals surface area contributed by atoms with E-state index >= 15 is 0 Å². The second-order valence-electron chi connectivity index (χ2n) is 5.20. The van der Waals surface area contributed by atoms with Crippen molar-refractivity contribution >= 4 is 17.7 Å². The van der Waals surface area contributed by atoms with Gasteiger partial charge in [0.1, 0.15) is 0 Å². The Morgan fingerprint density at radius 3 is 2.70 bits per heavy atom. The second-order valence-corrected chi connectivity index (χ2v) is 5.20. The van der Waals surface area contributed by atoms with Crippen LogP contribution in [0.15, 0.2) is 24.3 Å². The van der Waals surface area contributed by atoms with Crippen LogP contribution < -0.4 is 5.32 Å². The Hall–Kier alpha value is -2.59. The Labute approximate surface area is 135 Å². The van der Waals surface area contributed by atoms with Gasteiger partial charge in [-0.2, -0.15) is 5.26 Å². The Morgan fingerprint density at radius 1 is 1.30 bits per heavy atom. The van der Waals surface area contributed by atoms with Crippen molar-refractivity contribution in [3.63, 3.8) is 0 Å². The average molecular weight is 316 g/mol. The molecule has 2 amide bonds.